The van der Waals surface area contributed by atoms with Crippen molar-refractivity contribution in [2.24, 2.45) is 34.3 Å². The van der Waals surface area contributed by atoms with Crippen LogP contribution in [0.2, 0.25) is 0 Å². The van der Waals surface area contributed by atoms with Gasteiger partial charge in [0.05, 0.1) is 12.2 Å². The van der Waals surface area contributed by atoms with Crippen LogP contribution in [0.3, 0.4) is 0 Å². The molecule has 5 heteroatoms. The lowest BCUT2D eigenvalue weighted by Gasteiger charge is -2.64. The molecule has 4 saturated carbocycles. The van der Waals surface area contributed by atoms with Crippen LogP contribution >= 0.6 is 0 Å². The van der Waals surface area contributed by atoms with Gasteiger partial charge >= 0.3 is 0 Å². The molecule has 4 aliphatic carbocycles. The largest absolute Gasteiger partial charge is 0.385 e. The van der Waals surface area contributed by atoms with Crippen molar-refractivity contribution in [3.63, 3.8) is 0 Å². The highest BCUT2D eigenvalue weighted by Gasteiger charge is 2.65. The number of ether oxygens (including phenoxy) is 1. The molecule has 4 unspecified atom stereocenters. The minimum absolute atomic E-state index is 0.123. The lowest BCUT2D eigenvalue weighted by Crippen LogP contribution is -2.64. The summed E-state index contributed by atoms with van der Waals surface area (Å²) in [4.78, 5) is 12.6. The summed E-state index contributed by atoms with van der Waals surface area (Å²) in [7, 11) is 0. The Kier molecular flexibility index (Phi) is 6.22. The number of rotatable bonds is 7. The summed E-state index contributed by atoms with van der Waals surface area (Å²) in [6, 6.07) is 0.327. The third-order valence-corrected chi connectivity index (χ3v) is 9.69. The summed E-state index contributed by atoms with van der Waals surface area (Å²) in [6.07, 6.45) is 8.61. The number of hydrogen-bond acceptors (Lipinski definition) is 5. The van der Waals surface area contributed by atoms with Crippen LogP contribution in [0.5, 0.6) is 0 Å². The molecule has 0 aliphatic heterocycles. The van der Waals surface area contributed by atoms with Crippen molar-refractivity contribution < 1.29 is 14.6 Å². The predicted octanol–water partition coefficient (Wildman–Crippen LogP) is 3.20. The zero-order chi connectivity index (χ0) is 21.6. The molecule has 7 atom stereocenters. The van der Waals surface area contributed by atoms with Gasteiger partial charge in [-0.3, -0.25) is 4.79 Å². The fourth-order valence-corrected chi connectivity index (χ4v) is 7.84. The minimum atomic E-state index is -0.795. The van der Waals surface area contributed by atoms with Gasteiger partial charge in [0.25, 0.3) is 0 Å². The first-order valence-electron chi connectivity index (χ1n) is 12.2. The molecule has 0 aromatic heterocycles. The van der Waals surface area contributed by atoms with Crippen LogP contribution in [0.25, 0.3) is 0 Å². The van der Waals surface area contributed by atoms with E-state index in [1.165, 1.54) is 0 Å². The molecule has 4 N–H and O–H groups in total. The minimum Gasteiger partial charge on any atom is -0.385 e. The lowest BCUT2D eigenvalue weighted by molar-refractivity contribution is -0.177. The highest BCUT2D eigenvalue weighted by atomic mass is 16.5. The molecular formula is C25H42N2O3. The van der Waals surface area contributed by atoms with Crippen LogP contribution in [0.4, 0.5) is 0 Å². The zero-order valence-electron chi connectivity index (χ0n) is 19.0. The van der Waals surface area contributed by atoms with Crippen molar-refractivity contribution in [2.75, 3.05) is 26.3 Å². The molecule has 0 amide bonds. The van der Waals surface area contributed by atoms with E-state index in [-0.39, 0.29) is 10.8 Å². The van der Waals surface area contributed by atoms with Crippen LogP contribution in [-0.4, -0.2) is 48.8 Å². The Hall–Kier alpha value is -0.750. The smallest absolute Gasteiger partial charge is 0.139 e. The summed E-state index contributed by atoms with van der Waals surface area (Å²) in [5, 5.41) is 15.7. The van der Waals surface area contributed by atoms with E-state index in [0.717, 1.165) is 76.5 Å². The molecule has 0 aromatic rings. The average molecular weight is 419 g/mol. The second-order valence-electron chi connectivity index (χ2n) is 11.0. The van der Waals surface area contributed by atoms with E-state index in [9.17, 15) is 9.90 Å². The molecule has 5 nitrogen and oxygen atoms in total. The predicted molar refractivity (Wildman–Crippen MR) is 119 cm³/mol. The topological polar surface area (TPSA) is 84.6 Å². The van der Waals surface area contributed by atoms with Gasteiger partial charge in [0.2, 0.25) is 0 Å². The maximum atomic E-state index is 12.6. The maximum absolute atomic E-state index is 12.6. The van der Waals surface area contributed by atoms with Crippen molar-refractivity contribution in [2.45, 2.75) is 83.3 Å². The summed E-state index contributed by atoms with van der Waals surface area (Å²) in [5.74, 6) is 1.97. The molecule has 0 saturated heterocycles. The van der Waals surface area contributed by atoms with E-state index in [4.69, 9.17) is 10.5 Å². The van der Waals surface area contributed by atoms with Crippen LogP contribution in [-0.2, 0) is 9.53 Å². The number of carbonyl (C=O) groups excluding carboxylic acids is 1. The Bertz CT molecular complexity index is 681. The first kappa shape index (κ1) is 22.4. The summed E-state index contributed by atoms with van der Waals surface area (Å²) < 4.78 is 5.47. The third kappa shape index (κ3) is 3.41. The van der Waals surface area contributed by atoms with Crippen LogP contribution in [0, 0.1) is 28.6 Å². The molecular weight excluding hydrogens is 376 g/mol. The van der Waals surface area contributed by atoms with Gasteiger partial charge in [-0.1, -0.05) is 20.4 Å². The Morgan fingerprint density at radius 1 is 1.20 bits per heavy atom. The standard InChI is InChI=1S/C25H42N2O3/c1-17-15-19-20-5-6-22(28)23(20,2)9-8-21(19)24(3)10-7-18(16-25(17,24)29)27-12-4-13-30-14-11-26/h18-21,27,29H,1,4-16,26H2,2-3H3/t18?,19?,20?,21?,23-,24+,25-/m0/s1. The van der Waals surface area contributed by atoms with Gasteiger partial charge in [-0.25, -0.2) is 0 Å². The van der Waals surface area contributed by atoms with E-state index < -0.39 is 5.60 Å². The van der Waals surface area contributed by atoms with Gasteiger partial charge in [-0.2, -0.15) is 0 Å². The van der Waals surface area contributed by atoms with Gasteiger partial charge in [0.1, 0.15) is 5.78 Å². The zero-order valence-corrected chi connectivity index (χ0v) is 19.0. The molecule has 170 valence electrons. The highest BCUT2D eigenvalue weighted by molar-refractivity contribution is 5.87. The number of carbonyl (C=O) groups is 1. The summed E-state index contributed by atoms with van der Waals surface area (Å²) in [6.45, 7) is 11.8. The number of nitrogens with one attached hydrogen (secondary N) is 1. The van der Waals surface area contributed by atoms with Gasteiger partial charge in [0, 0.05) is 36.4 Å². The highest BCUT2D eigenvalue weighted by Crippen LogP contribution is 2.67. The molecule has 0 aromatic carbocycles. The van der Waals surface area contributed by atoms with Crippen molar-refractivity contribution in [3.8, 4) is 0 Å². The number of Topliss-reactive ketones (excluding diaryl/α,β-unsaturated/α-hetero) is 1. The van der Waals surface area contributed by atoms with Gasteiger partial charge in [-0.15, -0.1) is 0 Å². The van der Waals surface area contributed by atoms with E-state index in [1.54, 1.807) is 0 Å². The lowest BCUT2D eigenvalue weighted by atomic mass is 9.42. The first-order valence-corrected chi connectivity index (χ1v) is 12.2. The van der Waals surface area contributed by atoms with Gasteiger partial charge in [0.15, 0.2) is 0 Å². The number of aliphatic hydroxyl groups is 1. The normalized spacial score (nSPS) is 45.7. The van der Waals surface area contributed by atoms with E-state index in [2.05, 4.69) is 25.7 Å². The van der Waals surface area contributed by atoms with Crippen molar-refractivity contribution in [1.29, 1.82) is 0 Å². The summed E-state index contributed by atoms with van der Waals surface area (Å²) >= 11 is 0. The van der Waals surface area contributed by atoms with E-state index in [0.29, 0.717) is 42.7 Å². The molecule has 4 rings (SSSR count). The number of ketones is 1. The second kappa shape index (κ2) is 8.31. The first-order chi connectivity index (χ1) is 14.3. The molecule has 30 heavy (non-hydrogen) atoms. The Labute approximate surface area is 182 Å². The van der Waals surface area contributed by atoms with Crippen LogP contribution < -0.4 is 11.1 Å². The Morgan fingerprint density at radius 3 is 2.77 bits per heavy atom. The van der Waals surface area contributed by atoms with E-state index in [1.807, 2.05) is 0 Å². The fraction of sp³-hybridized carbons (Fsp3) is 0.880. The summed E-state index contributed by atoms with van der Waals surface area (Å²) in [5.41, 5.74) is 5.43. The quantitative estimate of drug-likeness (QED) is 0.437. The van der Waals surface area contributed by atoms with Gasteiger partial charge in [-0.05, 0) is 81.2 Å². The molecule has 4 fully saturated rings. The second-order valence-corrected chi connectivity index (χ2v) is 11.0. The van der Waals surface area contributed by atoms with Crippen LogP contribution in [0.1, 0.15) is 71.6 Å². The maximum Gasteiger partial charge on any atom is 0.139 e. The SMILES string of the molecule is C=C1CC2C3CCC(=O)[C@@]3(C)CCC2[C@@]2(C)CCC(NCCCOCCN)C[C@]12O. The van der Waals surface area contributed by atoms with Crippen LogP contribution in [0.15, 0.2) is 12.2 Å². The number of fused-ring (bicyclic) bond motifs is 5. The number of hydrogen-bond donors (Lipinski definition) is 3. The van der Waals surface area contributed by atoms with E-state index >= 15 is 0 Å². The third-order valence-electron chi connectivity index (χ3n) is 9.69. The van der Waals surface area contributed by atoms with Crippen molar-refractivity contribution in [1.82, 2.24) is 5.32 Å². The number of nitrogens with two attached hydrogens (primary N) is 1. The molecule has 0 radical (unpaired) electrons. The Morgan fingerprint density at radius 2 is 2.00 bits per heavy atom. The Balaban J connectivity index is 1.44. The monoisotopic (exact) mass is 418 g/mol. The van der Waals surface area contributed by atoms with Gasteiger partial charge < -0.3 is 20.9 Å². The molecule has 0 heterocycles. The van der Waals surface area contributed by atoms with Crippen molar-refractivity contribution >= 4 is 5.78 Å². The molecule has 0 bridgehead atoms. The molecule has 0 spiro atoms. The fourth-order valence-electron chi connectivity index (χ4n) is 7.84. The van der Waals surface area contributed by atoms with Crippen molar-refractivity contribution in [3.05, 3.63) is 12.2 Å². The molecule has 4 aliphatic rings. The average Bonchev–Trinajstić information content (AvgIpc) is 3.02.